The maximum absolute atomic E-state index is 12.2. The molecule has 1 amide bonds. The number of carbonyl (C=O) groups excluding carboxylic acids is 2. The number of methoxy groups -OCH3 is 2. The van der Waals surface area contributed by atoms with Crippen LogP contribution in [-0.4, -0.2) is 37.8 Å². The molecule has 0 aliphatic rings. The summed E-state index contributed by atoms with van der Waals surface area (Å²) in [6, 6.07) is 10.6. The zero-order valence-corrected chi connectivity index (χ0v) is 17.8. The molecule has 0 fully saturated rings. The predicted molar refractivity (Wildman–Crippen MR) is 115 cm³/mol. The monoisotopic (exact) mass is 413 g/mol. The standard InChI is InChI=1S/C23H27NO6/c1-23(2,3)16-8-6-7-9-17(16)24-20(25)14-30-21(26)11-10-15-12-18(28-4)22(27)19(13-15)29-5/h6-13,27H,14H2,1-5H3,(H,24,25)/b11-10+. The molecule has 0 spiro atoms. The van der Waals surface area contributed by atoms with E-state index in [0.29, 0.717) is 11.3 Å². The van der Waals surface area contributed by atoms with Crippen molar-refractivity contribution in [2.24, 2.45) is 0 Å². The van der Waals surface area contributed by atoms with Crippen LogP contribution in [-0.2, 0) is 19.7 Å². The molecule has 0 aliphatic heterocycles. The van der Waals surface area contributed by atoms with Gasteiger partial charge in [-0.25, -0.2) is 4.79 Å². The molecule has 0 saturated carbocycles. The molecule has 0 heterocycles. The van der Waals surface area contributed by atoms with E-state index in [1.54, 1.807) is 0 Å². The Morgan fingerprint density at radius 3 is 2.23 bits per heavy atom. The molecule has 160 valence electrons. The summed E-state index contributed by atoms with van der Waals surface area (Å²) in [4.78, 5) is 24.2. The number of phenolic OH excluding ortho intramolecular Hbond substituents is 1. The van der Waals surface area contributed by atoms with E-state index in [1.165, 1.54) is 38.5 Å². The van der Waals surface area contributed by atoms with E-state index >= 15 is 0 Å². The zero-order chi connectivity index (χ0) is 22.3. The van der Waals surface area contributed by atoms with Crippen molar-refractivity contribution in [1.82, 2.24) is 0 Å². The molecule has 7 heteroatoms. The second kappa shape index (κ2) is 9.82. The van der Waals surface area contributed by atoms with Gasteiger partial charge in [-0.15, -0.1) is 0 Å². The number of anilines is 1. The number of ether oxygens (including phenoxy) is 3. The van der Waals surface area contributed by atoms with E-state index < -0.39 is 18.5 Å². The number of para-hydroxylation sites is 1. The van der Waals surface area contributed by atoms with Crippen LogP contribution in [0.5, 0.6) is 17.2 Å². The molecule has 0 saturated heterocycles. The summed E-state index contributed by atoms with van der Waals surface area (Å²) in [6.45, 7) is 5.74. The molecule has 2 rings (SSSR count). The van der Waals surface area contributed by atoms with Gasteiger partial charge in [-0.2, -0.15) is 0 Å². The Hall–Kier alpha value is -3.48. The van der Waals surface area contributed by atoms with Crippen LogP contribution in [0.3, 0.4) is 0 Å². The Morgan fingerprint density at radius 1 is 1.07 bits per heavy atom. The van der Waals surface area contributed by atoms with Gasteiger partial charge in [-0.3, -0.25) is 4.79 Å². The van der Waals surface area contributed by atoms with E-state index in [-0.39, 0.29) is 22.7 Å². The lowest BCUT2D eigenvalue weighted by atomic mass is 9.86. The number of phenols is 1. The number of hydrogen-bond acceptors (Lipinski definition) is 6. The summed E-state index contributed by atoms with van der Waals surface area (Å²) >= 11 is 0. The molecule has 0 atom stereocenters. The van der Waals surface area contributed by atoms with E-state index in [9.17, 15) is 14.7 Å². The fraction of sp³-hybridized carbons (Fsp3) is 0.304. The first-order valence-electron chi connectivity index (χ1n) is 9.35. The number of carbonyl (C=O) groups is 2. The second-order valence-electron chi connectivity index (χ2n) is 7.56. The van der Waals surface area contributed by atoms with Gasteiger partial charge in [0, 0.05) is 11.8 Å². The van der Waals surface area contributed by atoms with Crippen LogP contribution >= 0.6 is 0 Å². The van der Waals surface area contributed by atoms with Crippen LogP contribution < -0.4 is 14.8 Å². The molecule has 0 aromatic heterocycles. The largest absolute Gasteiger partial charge is 0.502 e. The number of rotatable bonds is 7. The molecule has 2 aromatic carbocycles. The predicted octanol–water partition coefficient (Wildman–Crippen LogP) is 3.90. The van der Waals surface area contributed by atoms with Crippen LogP contribution in [0, 0.1) is 0 Å². The van der Waals surface area contributed by atoms with Gasteiger partial charge in [0.25, 0.3) is 5.91 Å². The third kappa shape index (κ3) is 6.01. The van der Waals surface area contributed by atoms with E-state index in [4.69, 9.17) is 14.2 Å². The lowest BCUT2D eigenvalue weighted by Gasteiger charge is -2.22. The highest BCUT2D eigenvalue weighted by atomic mass is 16.5. The van der Waals surface area contributed by atoms with Gasteiger partial charge in [-0.1, -0.05) is 39.0 Å². The minimum Gasteiger partial charge on any atom is -0.502 e. The molecule has 2 N–H and O–H groups in total. The Bertz CT molecular complexity index is 918. The lowest BCUT2D eigenvalue weighted by molar-refractivity contribution is -0.142. The van der Waals surface area contributed by atoms with Gasteiger partial charge >= 0.3 is 5.97 Å². The second-order valence-corrected chi connectivity index (χ2v) is 7.56. The van der Waals surface area contributed by atoms with Crippen molar-refractivity contribution in [2.45, 2.75) is 26.2 Å². The number of nitrogens with one attached hydrogen (secondary N) is 1. The van der Waals surface area contributed by atoms with Crippen LogP contribution in [0.4, 0.5) is 5.69 Å². The average molecular weight is 413 g/mol. The number of hydrogen-bond donors (Lipinski definition) is 2. The van der Waals surface area contributed by atoms with Gasteiger partial charge in [-0.05, 0) is 40.8 Å². The van der Waals surface area contributed by atoms with Crippen molar-refractivity contribution in [3.8, 4) is 17.2 Å². The third-order valence-corrected chi connectivity index (χ3v) is 4.27. The van der Waals surface area contributed by atoms with Crippen LogP contribution in [0.1, 0.15) is 31.9 Å². The molecule has 7 nitrogen and oxygen atoms in total. The number of benzene rings is 2. The summed E-state index contributed by atoms with van der Waals surface area (Å²) < 4.78 is 15.2. The fourth-order valence-corrected chi connectivity index (χ4v) is 2.79. The van der Waals surface area contributed by atoms with Crippen molar-refractivity contribution in [2.75, 3.05) is 26.1 Å². The molecule has 0 aliphatic carbocycles. The first-order valence-corrected chi connectivity index (χ1v) is 9.35. The first-order chi connectivity index (χ1) is 14.2. The SMILES string of the molecule is COc1cc(/C=C/C(=O)OCC(=O)Nc2ccccc2C(C)(C)C)cc(OC)c1O. The molecule has 0 bridgehead atoms. The highest BCUT2D eigenvalue weighted by Gasteiger charge is 2.18. The van der Waals surface area contributed by atoms with Gasteiger partial charge in [0.05, 0.1) is 14.2 Å². The average Bonchev–Trinajstić information content (AvgIpc) is 2.71. The van der Waals surface area contributed by atoms with Crippen molar-refractivity contribution in [3.05, 3.63) is 53.6 Å². The summed E-state index contributed by atoms with van der Waals surface area (Å²) in [6.07, 6.45) is 2.65. The molecule has 2 aromatic rings. The summed E-state index contributed by atoms with van der Waals surface area (Å²) in [7, 11) is 2.82. The van der Waals surface area contributed by atoms with E-state index in [0.717, 1.165) is 5.56 Å². The number of aromatic hydroxyl groups is 1. The maximum atomic E-state index is 12.2. The van der Waals surface area contributed by atoms with Gasteiger partial charge in [0.2, 0.25) is 5.75 Å². The zero-order valence-electron chi connectivity index (χ0n) is 17.8. The molecular formula is C23H27NO6. The third-order valence-electron chi connectivity index (χ3n) is 4.27. The van der Waals surface area contributed by atoms with Crippen LogP contribution in [0.25, 0.3) is 6.08 Å². The number of esters is 1. The maximum Gasteiger partial charge on any atom is 0.331 e. The molecule has 0 unspecified atom stereocenters. The van der Waals surface area contributed by atoms with Crippen molar-refractivity contribution >= 4 is 23.6 Å². The topological polar surface area (TPSA) is 94.1 Å². The lowest BCUT2D eigenvalue weighted by Crippen LogP contribution is -2.23. The summed E-state index contributed by atoms with van der Waals surface area (Å²) in [5, 5.41) is 12.7. The van der Waals surface area contributed by atoms with Gasteiger partial charge < -0.3 is 24.6 Å². The van der Waals surface area contributed by atoms with Crippen molar-refractivity contribution in [3.63, 3.8) is 0 Å². The molecule has 0 radical (unpaired) electrons. The fourth-order valence-electron chi connectivity index (χ4n) is 2.79. The Kier molecular flexibility index (Phi) is 7.47. The quantitative estimate of drug-likeness (QED) is 0.528. The molecule has 30 heavy (non-hydrogen) atoms. The van der Waals surface area contributed by atoms with Gasteiger partial charge in [0.15, 0.2) is 18.1 Å². The smallest absolute Gasteiger partial charge is 0.331 e. The van der Waals surface area contributed by atoms with Crippen molar-refractivity contribution in [1.29, 1.82) is 0 Å². The number of amides is 1. The summed E-state index contributed by atoms with van der Waals surface area (Å²) in [5.41, 5.74) is 2.09. The normalized spacial score (nSPS) is 11.2. The Balaban J connectivity index is 1.98. The highest BCUT2D eigenvalue weighted by Crippen LogP contribution is 2.37. The van der Waals surface area contributed by atoms with Crippen molar-refractivity contribution < 1.29 is 28.9 Å². The van der Waals surface area contributed by atoms with Crippen LogP contribution in [0.15, 0.2) is 42.5 Å². The van der Waals surface area contributed by atoms with Gasteiger partial charge in [0.1, 0.15) is 0 Å². The van der Waals surface area contributed by atoms with E-state index in [2.05, 4.69) is 26.1 Å². The minimum absolute atomic E-state index is 0.132. The minimum atomic E-state index is -0.680. The Morgan fingerprint density at radius 2 is 1.67 bits per heavy atom. The summed E-state index contributed by atoms with van der Waals surface area (Å²) in [5.74, 6) is -0.827. The Labute approximate surface area is 176 Å². The van der Waals surface area contributed by atoms with Crippen LogP contribution in [0.2, 0.25) is 0 Å². The first kappa shape index (κ1) is 22.8. The molecular weight excluding hydrogens is 386 g/mol. The highest BCUT2D eigenvalue weighted by molar-refractivity contribution is 5.95. The van der Waals surface area contributed by atoms with E-state index in [1.807, 2.05) is 24.3 Å².